The molecule has 14 nitrogen and oxygen atoms in total. The third kappa shape index (κ3) is 8.88. The second-order valence-electron chi connectivity index (χ2n) is 16.6. The predicted molar refractivity (Wildman–Crippen MR) is 235 cm³/mol. The fourth-order valence-electron chi connectivity index (χ4n) is 8.82. The van der Waals surface area contributed by atoms with Crippen molar-refractivity contribution in [3.05, 3.63) is 95.8 Å². The molecule has 3 amide bonds. The number of hydrogen-bond donors (Lipinski definition) is 5. The smallest absolute Gasteiger partial charge is 0.407 e. The number of nitrogens with one attached hydrogen (secondary N) is 4. The zero-order valence-electron chi connectivity index (χ0n) is 35.7. The molecule has 2 aliphatic heterocycles. The van der Waals surface area contributed by atoms with Gasteiger partial charge in [0.15, 0.2) is 5.15 Å². The molecule has 3 aromatic carbocycles. The summed E-state index contributed by atoms with van der Waals surface area (Å²) in [7, 11) is 2.57. The van der Waals surface area contributed by atoms with Crippen LogP contribution >= 0.6 is 11.6 Å². The SMILES string of the molecule is C=C(C)[C@H](NC(=O)OC)C(O)N1[C@@H](C)CC[C@H]1c1ncc(-c2ccc(-c3ccc4cc(-c5[nH]c([C@@H]6CC[C@H](C)N6C(=O)[C@@H](NC(=O)OC)C(C)C)nc5Cl)ccc4c3)cc2)[nH]1. The van der Waals surface area contributed by atoms with E-state index in [1.54, 1.807) is 6.92 Å². The second-order valence-corrected chi connectivity index (χ2v) is 17.0. The van der Waals surface area contributed by atoms with E-state index < -0.39 is 30.5 Å². The van der Waals surface area contributed by atoms with E-state index in [1.807, 2.05) is 42.8 Å². The fourth-order valence-corrected chi connectivity index (χ4v) is 9.06. The number of benzene rings is 3. The van der Waals surface area contributed by atoms with Crippen LogP contribution in [0, 0.1) is 5.92 Å². The van der Waals surface area contributed by atoms with E-state index in [9.17, 15) is 19.5 Å². The van der Waals surface area contributed by atoms with Crippen molar-refractivity contribution < 1.29 is 29.0 Å². The number of carbonyl (C=O) groups is 3. The highest BCUT2D eigenvalue weighted by molar-refractivity contribution is 6.32. The third-order valence-electron chi connectivity index (χ3n) is 12.2. The molecule has 1 unspecified atom stereocenters. The number of methoxy groups -OCH3 is 2. The Morgan fingerprint density at radius 2 is 1.38 bits per heavy atom. The van der Waals surface area contributed by atoms with Crippen LogP contribution in [0.3, 0.4) is 0 Å². The van der Waals surface area contributed by atoms with Crippen LogP contribution in [0.1, 0.15) is 84.0 Å². The van der Waals surface area contributed by atoms with Gasteiger partial charge < -0.3 is 40.1 Å². The standard InChI is InChI=1S/C46H55ClN8O6/c1-24(2)37(51-45(58)60-7)43(56)54-26(5)9-19-35(54)41-48-23-34(49-41)29-13-11-28(12-14-29)30-15-16-32-22-33(18-17-31(32)21-30)39-40(47)53-42(50-39)36-20-10-27(6)55(36)44(57)38(25(3)4)52-46(59)61-8/h11-18,21-23,25-27,35-38,43,56H,1,9-10,19-20H2,2-8H3,(H,48,49)(H,50,53)(H,51,58)(H,52,59)/t26-,27-,35-,36-,37-,38-,43?/m0/s1. The Hall–Kier alpha value is -5.70. The van der Waals surface area contributed by atoms with Gasteiger partial charge in [-0.25, -0.2) is 19.6 Å². The van der Waals surface area contributed by atoms with Gasteiger partial charge in [0.1, 0.15) is 23.9 Å². The first-order chi connectivity index (χ1) is 29.2. The van der Waals surface area contributed by atoms with Gasteiger partial charge in [0.2, 0.25) is 5.91 Å². The van der Waals surface area contributed by atoms with Gasteiger partial charge in [0, 0.05) is 17.6 Å². The van der Waals surface area contributed by atoms with E-state index in [2.05, 4.69) is 88.7 Å². The lowest BCUT2D eigenvalue weighted by Gasteiger charge is -2.37. The number of carbonyl (C=O) groups excluding carboxylic acids is 3. The first-order valence-electron chi connectivity index (χ1n) is 20.8. The number of fused-ring (bicyclic) bond motifs is 1. The highest BCUT2D eigenvalue weighted by atomic mass is 35.5. The average molecular weight is 851 g/mol. The first-order valence-corrected chi connectivity index (χ1v) is 21.1. The maximum absolute atomic E-state index is 13.9. The van der Waals surface area contributed by atoms with E-state index >= 15 is 0 Å². The van der Waals surface area contributed by atoms with Crippen molar-refractivity contribution in [1.29, 1.82) is 0 Å². The number of aliphatic hydroxyl groups excluding tert-OH is 1. The number of halogens is 1. The molecule has 2 aromatic heterocycles. The largest absolute Gasteiger partial charge is 0.453 e. The summed E-state index contributed by atoms with van der Waals surface area (Å²) in [5.41, 5.74) is 6.14. The Balaban J connectivity index is 1.06. The van der Waals surface area contributed by atoms with Crippen molar-refractivity contribution in [2.24, 2.45) is 5.92 Å². The molecule has 0 spiro atoms. The van der Waals surface area contributed by atoms with Crippen LogP contribution in [-0.2, 0) is 14.3 Å². The highest BCUT2D eigenvalue weighted by Gasteiger charge is 2.43. The van der Waals surface area contributed by atoms with Crippen LogP contribution < -0.4 is 10.6 Å². The van der Waals surface area contributed by atoms with Crippen LogP contribution in [0.4, 0.5) is 9.59 Å². The number of likely N-dealkylation sites (tertiary alicyclic amines) is 2. The van der Waals surface area contributed by atoms with Crippen LogP contribution in [0.15, 0.2) is 79.0 Å². The molecule has 322 valence electrons. The van der Waals surface area contributed by atoms with Crippen molar-refractivity contribution in [3.8, 4) is 33.6 Å². The summed E-state index contributed by atoms with van der Waals surface area (Å²) in [4.78, 5) is 58.2. The van der Waals surface area contributed by atoms with Crippen molar-refractivity contribution in [3.63, 3.8) is 0 Å². The molecule has 2 saturated heterocycles. The number of rotatable bonds is 12. The topological polar surface area (TPSA) is 178 Å². The molecule has 0 saturated carbocycles. The number of hydrogen-bond acceptors (Lipinski definition) is 9. The molecule has 0 bridgehead atoms. The predicted octanol–water partition coefficient (Wildman–Crippen LogP) is 8.52. The lowest BCUT2D eigenvalue weighted by molar-refractivity contribution is -0.137. The quantitative estimate of drug-likeness (QED) is 0.0770. The van der Waals surface area contributed by atoms with E-state index in [-0.39, 0.29) is 36.0 Å². The van der Waals surface area contributed by atoms with Crippen molar-refractivity contribution in [2.45, 2.75) is 103 Å². The minimum absolute atomic E-state index is 0.0474. The summed E-state index contributed by atoms with van der Waals surface area (Å²) >= 11 is 6.78. The lowest BCUT2D eigenvalue weighted by atomic mass is 9.98. The monoisotopic (exact) mass is 850 g/mol. The Kier molecular flexibility index (Phi) is 12.9. The van der Waals surface area contributed by atoms with Crippen molar-refractivity contribution in [2.75, 3.05) is 14.2 Å². The Bertz CT molecular complexity index is 2410. The van der Waals surface area contributed by atoms with Gasteiger partial charge in [0.25, 0.3) is 0 Å². The highest BCUT2D eigenvalue weighted by Crippen LogP contribution is 2.40. The number of aromatic amines is 2. The van der Waals surface area contributed by atoms with Gasteiger partial charge in [0.05, 0.1) is 49.9 Å². The molecule has 7 rings (SSSR count). The van der Waals surface area contributed by atoms with Gasteiger partial charge in [-0.15, -0.1) is 0 Å². The van der Waals surface area contributed by atoms with Crippen molar-refractivity contribution >= 4 is 40.5 Å². The number of imidazole rings is 2. The van der Waals surface area contributed by atoms with Gasteiger partial charge in [-0.2, -0.15) is 0 Å². The zero-order chi connectivity index (χ0) is 43.7. The molecule has 4 heterocycles. The normalized spacial score (nSPS) is 20.7. The van der Waals surface area contributed by atoms with Gasteiger partial charge in [-0.05, 0) is 92.0 Å². The maximum Gasteiger partial charge on any atom is 0.407 e. The zero-order valence-corrected chi connectivity index (χ0v) is 36.4. The molecule has 7 atom stereocenters. The number of aliphatic hydroxyl groups is 1. The third-order valence-corrected chi connectivity index (χ3v) is 12.5. The van der Waals surface area contributed by atoms with E-state index in [0.717, 1.165) is 63.8 Å². The minimum Gasteiger partial charge on any atom is -0.453 e. The summed E-state index contributed by atoms with van der Waals surface area (Å²) in [6.07, 6.45) is 2.68. The Labute approximate surface area is 361 Å². The molecule has 0 radical (unpaired) electrons. The van der Waals surface area contributed by atoms with Gasteiger partial charge >= 0.3 is 12.2 Å². The number of ether oxygens (including phenoxy) is 2. The Morgan fingerprint density at radius 3 is 2.02 bits per heavy atom. The van der Waals surface area contributed by atoms with Crippen LogP contribution in [-0.4, -0.2) is 97.6 Å². The number of alkyl carbamates (subject to hydrolysis) is 2. The minimum atomic E-state index is -1.02. The van der Waals surface area contributed by atoms with Gasteiger partial charge in [-0.3, -0.25) is 9.69 Å². The summed E-state index contributed by atoms with van der Waals surface area (Å²) in [6, 6.07) is 18.9. The van der Waals surface area contributed by atoms with Crippen LogP contribution in [0.25, 0.3) is 44.4 Å². The molecule has 0 aliphatic carbocycles. The molecule has 15 heteroatoms. The molecular weight excluding hydrogens is 796 g/mol. The van der Waals surface area contributed by atoms with E-state index in [1.165, 1.54) is 14.2 Å². The number of amides is 3. The molecule has 2 aliphatic rings. The van der Waals surface area contributed by atoms with Crippen LogP contribution in [0.5, 0.6) is 0 Å². The van der Waals surface area contributed by atoms with E-state index in [0.29, 0.717) is 28.7 Å². The first kappa shape index (κ1) is 43.4. The number of H-pyrrole nitrogens is 2. The molecular formula is C46H55ClN8O6. The fraction of sp³-hybridized carbons (Fsp3) is 0.413. The molecule has 5 N–H and O–H groups in total. The molecule has 2 fully saturated rings. The van der Waals surface area contributed by atoms with E-state index in [4.69, 9.17) is 31.0 Å². The molecule has 5 aromatic rings. The summed E-state index contributed by atoms with van der Waals surface area (Å²) in [5, 5.41) is 19.3. The van der Waals surface area contributed by atoms with Crippen molar-refractivity contribution in [1.82, 2.24) is 40.4 Å². The number of nitrogens with zero attached hydrogens (tertiary/aromatic N) is 4. The summed E-state index contributed by atoms with van der Waals surface area (Å²) in [5.74, 6) is 1.03. The summed E-state index contributed by atoms with van der Waals surface area (Å²) in [6.45, 7) is 13.6. The molecule has 61 heavy (non-hydrogen) atoms. The summed E-state index contributed by atoms with van der Waals surface area (Å²) < 4.78 is 9.58. The van der Waals surface area contributed by atoms with Gasteiger partial charge in [-0.1, -0.05) is 86.1 Å². The number of aromatic nitrogens is 4. The maximum atomic E-state index is 13.9. The Morgan fingerprint density at radius 1 is 0.803 bits per heavy atom. The second kappa shape index (κ2) is 18.1. The average Bonchev–Trinajstić information content (AvgIpc) is 4.06. The van der Waals surface area contributed by atoms with Crippen LogP contribution in [0.2, 0.25) is 5.15 Å². The lowest BCUT2D eigenvalue weighted by Crippen LogP contribution is -2.53.